The second-order valence-electron chi connectivity index (χ2n) is 5.28. The Hall–Kier alpha value is -2.83. The lowest BCUT2D eigenvalue weighted by molar-refractivity contribution is 0.0516. The van der Waals surface area contributed by atoms with Gasteiger partial charge in [-0.05, 0) is 47.3 Å². The molecule has 7 heteroatoms. The molecule has 0 unspecified atom stereocenters. The number of hydrogen-bond acceptors (Lipinski definition) is 5. The van der Waals surface area contributed by atoms with Crippen molar-refractivity contribution in [3.63, 3.8) is 0 Å². The zero-order valence-electron chi connectivity index (χ0n) is 13.6. The van der Waals surface area contributed by atoms with Gasteiger partial charge in [-0.2, -0.15) is 0 Å². The minimum absolute atomic E-state index is 0.161. The summed E-state index contributed by atoms with van der Waals surface area (Å²) in [6, 6.07) is 17.7. The maximum atomic E-state index is 12.2. The molecule has 5 nitrogen and oxygen atoms in total. The number of hydrogen-bond donors (Lipinski definition) is 1. The molecule has 0 aliphatic carbocycles. The van der Waals surface area contributed by atoms with Gasteiger partial charge in [0.1, 0.15) is 12.4 Å². The van der Waals surface area contributed by atoms with E-state index in [9.17, 15) is 4.79 Å². The van der Waals surface area contributed by atoms with Crippen LogP contribution in [0, 0.1) is 0 Å². The first kappa shape index (κ1) is 18.0. The van der Waals surface area contributed by atoms with Gasteiger partial charge < -0.3 is 15.3 Å². The van der Waals surface area contributed by atoms with Crippen molar-refractivity contribution in [1.82, 2.24) is 0 Å². The molecule has 1 aromatic heterocycles. The van der Waals surface area contributed by atoms with E-state index in [1.54, 1.807) is 36.4 Å². The molecular weight excluding hydrogens is 372 g/mol. The Balaban J connectivity index is 1.63. The lowest BCUT2D eigenvalue weighted by atomic mass is 10.1. The summed E-state index contributed by atoms with van der Waals surface area (Å²) < 4.78 is 5.67. The number of nitrogens with zero attached hydrogens (tertiary/aromatic N) is 1. The van der Waals surface area contributed by atoms with Crippen LogP contribution in [-0.2, 0) is 11.4 Å². The Bertz CT molecular complexity index is 926. The summed E-state index contributed by atoms with van der Waals surface area (Å²) in [5.41, 5.74) is 6.95. The van der Waals surface area contributed by atoms with Crippen molar-refractivity contribution in [3.05, 3.63) is 87.1 Å². The summed E-state index contributed by atoms with van der Waals surface area (Å²) in [4.78, 5) is 17.8. The van der Waals surface area contributed by atoms with Crippen LogP contribution in [0.1, 0.15) is 20.8 Å². The van der Waals surface area contributed by atoms with Crippen LogP contribution in [0.5, 0.6) is 5.75 Å². The number of benzene rings is 2. The monoisotopic (exact) mass is 386 g/mol. The van der Waals surface area contributed by atoms with E-state index >= 15 is 0 Å². The Labute approximate surface area is 159 Å². The Kier molecular flexibility index (Phi) is 5.88. The van der Waals surface area contributed by atoms with Gasteiger partial charge in [0.2, 0.25) is 0 Å². The van der Waals surface area contributed by atoms with E-state index < -0.39 is 5.97 Å². The van der Waals surface area contributed by atoms with Crippen LogP contribution in [-0.4, -0.2) is 11.8 Å². The smallest absolute Gasteiger partial charge is 0.365 e. The zero-order valence-corrected chi connectivity index (χ0v) is 15.2. The van der Waals surface area contributed by atoms with Crippen molar-refractivity contribution < 1.29 is 14.4 Å². The molecule has 2 aromatic carbocycles. The van der Waals surface area contributed by atoms with Crippen molar-refractivity contribution >= 4 is 34.7 Å². The quantitative estimate of drug-likeness (QED) is 0.294. The molecule has 3 rings (SSSR count). The average Bonchev–Trinajstić information content (AvgIpc) is 3.19. The number of oxime groups is 1. The Morgan fingerprint density at radius 1 is 1.12 bits per heavy atom. The highest BCUT2D eigenvalue weighted by Crippen LogP contribution is 2.19. The molecule has 0 fully saturated rings. The lowest BCUT2D eigenvalue weighted by Crippen LogP contribution is -2.13. The van der Waals surface area contributed by atoms with Crippen molar-refractivity contribution in [3.8, 4) is 5.75 Å². The predicted molar refractivity (Wildman–Crippen MR) is 103 cm³/mol. The highest BCUT2D eigenvalue weighted by molar-refractivity contribution is 7.12. The second-order valence-corrected chi connectivity index (χ2v) is 6.66. The first-order valence-electron chi connectivity index (χ1n) is 7.68. The van der Waals surface area contributed by atoms with Crippen LogP contribution in [0.25, 0.3) is 0 Å². The number of thiophene rings is 1. The van der Waals surface area contributed by atoms with Gasteiger partial charge in [-0.25, -0.2) is 4.79 Å². The van der Waals surface area contributed by atoms with E-state index in [0.717, 1.165) is 10.4 Å². The average molecular weight is 387 g/mol. The number of amidine groups is 1. The van der Waals surface area contributed by atoms with Crippen molar-refractivity contribution in [2.24, 2.45) is 10.9 Å². The third-order valence-electron chi connectivity index (χ3n) is 3.36. The third kappa shape index (κ3) is 4.84. The van der Waals surface area contributed by atoms with Crippen molar-refractivity contribution in [2.75, 3.05) is 0 Å². The normalized spacial score (nSPS) is 11.2. The van der Waals surface area contributed by atoms with Crippen LogP contribution in [0.15, 0.2) is 71.2 Å². The number of halogens is 1. The molecule has 0 radical (unpaired) electrons. The SMILES string of the molecule is N/C(=N\OC(=O)c1cccc(COc2cccc(Cl)c2)c1)c1cccs1. The van der Waals surface area contributed by atoms with E-state index in [0.29, 0.717) is 22.9 Å². The summed E-state index contributed by atoms with van der Waals surface area (Å²) in [6.07, 6.45) is 0. The van der Waals surface area contributed by atoms with Gasteiger partial charge in [-0.1, -0.05) is 41.0 Å². The largest absolute Gasteiger partial charge is 0.489 e. The molecule has 0 aliphatic rings. The highest BCUT2D eigenvalue weighted by Gasteiger charge is 2.09. The van der Waals surface area contributed by atoms with Crippen LogP contribution >= 0.6 is 22.9 Å². The molecular formula is C19H15ClN2O3S. The molecule has 0 saturated carbocycles. The molecule has 0 aliphatic heterocycles. The summed E-state index contributed by atoms with van der Waals surface area (Å²) in [6.45, 7) is 0.294. The van der Waals surface area contributed by atoms with Gasteiger partial charge in [-0.15, -0.1) is 11.3 Å². The molecule has 0 atom stereocenters. The number of nitrogens with two attached hydrogens (primary N) is 1. The maximum Gasteiger partial charge on any atom is 0.365 e. The van der Waals surface area contributed by atoms with E-state index in [1.807, 2.05) is 29.6 Å². The Morgan fingerprint density at radius 3 is 2.73 bits per heavy atom. The zero-order chi connectivity index (χ0) is 18.4. The van der Waals surface area contributed by atoms with Gasteiger partial charge in [0.05, 0.1) is 10.4 Å². The van der Waals surface area contributed by atoms with Gasteiger partial charge in [0.25, 0.3) is 0 Å². The third-order valence-corrected chi connectivity index (χ3v) is 4.49. The van der Waals surface area contributed by atoms with Gasteiger partial charge >= 0.3 is 5.97 Å². The second kappa shape index (κ2) is 8.51. The predicted octanol–water partition coefficient (Wildman–Crippen LogP) is 4.46. The summed E-state index contributed by atoms with van der Waals surface area (Å²) in [7, 11) is 0. The minimum Gasteiger partial charge on any atom is -0.489 e. The fourth-order valence-electron chi connectivity index (χ4n) is 2.12. The van der Waals surface area contributed by atoms with Crippen molar-refractivity contribution in [1.29, 1.82) is 0 Å². The van der Waals surface area contributed by atoms with Crippen LogP contribution in [0.3, 0.4) is 0 Å². The van der Waals surface area contributed by atoms with E-state index in [4.69, 9.17) is 26.9 Å². The molecule has 0 saturated heterocycles. The van der Waals surface area contributed by atoms with Crippen molar-refractivity contribution in [2.45, 2.75) is 6.61 Å². The van der Waals surface area contributed by atoms with E-state index in [2.05, 4.69) is 5.16 Å². The summed E-state index contributed by atoms with van der Waals surface area (Å²) in [5, 5.41) is 6.15. The maximum absolute atomic E-state index is 12.2. The first-order chi connectivity index (χ1) is 12.6. The standard InChI is InChI=1S/C19H15ClN2O3S/c20-15-6-2-7-16(11-15)24-12-13-4-1-5-14(10-13)19(23)25-22-18(21)17-8-3-9-26-17/h1-11H,12H2,(H2,21,22). The van der Waals surface area contributed by atoms with E-state index in [1.165, 1.54) is 11.3 Å². The molecule has 0 amide bonds. The van der Waals surface area contributed by atoms with Crippen LogP contribution in [0.4, 0.5) is 0 Å². The molecule has 1 heterocycles. The number of ether oxygens (including phenoxy) is 1. The molecule has 26 heavy (non-hydrogen) atoms. The van der Waals surface area contributed by atoms with Gasteiger partial charge in [0.15, 0.2) is 5.84 Å². The van der Waals surface area contributed by atoms with Crippen LogP contribution < -0.4 is 10.5 Å². The number of carbonyl (C=O) groups is 1. The van der Waals surface area contributed by atoms with Gasteiger partial charge in [-0.3, -0.25) is 0 Å². The summed E-state index contributed by atoms with van der Waals surface area (Å²) >= 11 is 7.34. The van der Waals surface area contributed by atoms with Crippen LogP contribution in [0.2, 0.25) is 5.02 Å². The topological polar surface area (TPSA) is 73.9 Å². The molecule has 2 N–H and O–H groups in total. The minimum atomic E-state index is -0.589. The molecule has 0 bridgehead atoms. The Morgan fingerprint density at radius 2 is 1.96 bits per heavy atom. The molecule has 3 aromatic rings. The molecule has 132 valence electrons. The summed E-state index contributed by atoms with van der Waals surface area (Å²) in [5.74, 6) is 0.224. The number of carbonyl (C=O) groups excluding carboxylic acids is 1. The first-order valence-corrected chi connectivity index (χ1v) is 8.93. The van der Waals surface area contributed by atoms with Gasteiger partial charge in [0, 0.05) is 5.02 Å². The van der Waals surface area contributed by atoms with E-state index in [-0.39, 0.29) is 5.84 Å². The fourth-order valence-corrected chi connectivity index (χ4v) is 2.92. The molecule has 0 spiro atoms. The fraction of sp³-hybridized carbons (Fsp3) is 0.0526. The lowest BCUT2D eigenvalue weighted by Gasteiger charge is -2.07. The number of rotatable bonds is 6. The highest BCUT2D eigenvalue weighted by atomic mass is 35.5.